The van der Waals surface area contributed by atoms with E-state index in [2.05, 4.69) is 25.1 Å². The van der Waals surface area contributed by atoms with Crippen LogP contribution in [0.25, 0.3) is 0 Å². The molecule has 0 radical (unpaired) electrons. The maximum Gasteiger partial charge on any atom is 0.122 e. The summed E-state index contributed by atoms with van der Waals surface area (Å²) in [5, 5.41) is 20.7. The van der Waals surface area contributed by atoms with E-state index in [-0.39, 0.29) is 18.1 Å². The zero-order valence-corrected chi connectivity index (χ0v) is 15.5. The fourth-order valence-corrected chi connectivity index (χ4v) is 4.75. The molecule has 3 nitrogen and oxygen atoms in total. The van der Waals surface area contributed by atoms with E-state index in [0.717, 1.165) is 37.9 Å². The Bertz CT molecular complexity index is 595. The van der Waals surface area contributed by atoms with Gasteiger partial charge in [0.15, 0.2) is 0 Å². The fraction of sp³-hybridized carbons (Fsp3) is 0.636. The summed E-state index contributed by atoms with van der Waals surface area (Å²) in [5.74, 6) is 2.11. The Morgan fingerprint density at radius 3 is 2.88 bits per heavy atom. The van der Waals surface area contributed by atoms with Crippen molar-refractivity contribution in [2.45, 2.75) is 64.1 Å². The molecule has 2 aliphatic rings. The molecule has 0 saturated heterocycles. The Morgan fingerprint density at radius 2 is 2.12 bits per heavy atom. The van der Waals surface area contributed by atoms with Gasteiger partial charge in [-0.3, -0.25) is 0 Å². The lowest BCUT2D eigenvalue weighted by atomic mass is 9.74. The van der Waals surface area contributed by atoms with Crippen LogP contribution in [0.2, 0.25) is 0 Å². The molecule has 0 bridgehead atoms. The molecule has 25 heavy (non-hydrogen) atoms. The highest BCUT2D eigenvalue weighted by Crippen LogP contribution is 2.47. The van der Waals surface area contributed by atoms with Gasteiger partial charge in [-0.25, -0.2) is 0 Å². The Morgan fingerprint density at radius 1 is 1.28 bits per heavy atom. The van der Waals surface area contributed by atoms with Crippen molar-refractivity contribution in [1.82, 2.24) is 0 Å². The molecule has 2 N–H and O–H groups in total. The average molecular weight is 344 g/mol. The van der Waals surface area contributed by atoms with Gasteiger partial charge in [-0.05, 0) is 54.7 Å². The van der Waals surface area contributed by atoms with Crippen molar-refractivity contribution in [3.05, 3.63) is 41.5 Å². The van der Waals surface area contributed by atoms with Crippen molar-refractivity contribution in [2.24, 2.45) is 17.8 Å². The molecule has 3 heteroatoms. The molecule has 0 aromatic heterocycles. The second kappa shape index (κ2) is 8.37. The summed E-state index contributed by atoms with van der Waals surface area (Å²) in [6.07, 6.45) is 10.4. The Hall–Kier alpha value is -1.32. The topological polar surface area (TPSA) is 49.7 Å². The lowest BCUT2D eigenvalue weighted by Gasteiger charge is -2.31. The van der Waals surface area contributed by atoms with Crippen LogP contribution in [0.4, 0.5) is 0 Å². The molecule has 0 unspecified atom stereocenters. The molecule has 0 aliphatic heterocycles. The third-order valence-electron chi connectivity index (χ3n) is 6.12. The quantitative estimate of drug-likeness (QED) is 0.582. The first-order valence-corrected chi connectivity index (χ1v) is 9.83. The third kappa shape index (κ3) is 4.09. The van der Waals surface area contributed by atoms with Crippen LogP contribution in [0, 0.1) is 17.8 Å². The van der Waals surface area contributed by atoms with Crippen LogP contribution in [-0.2, 0) is 12.8 Å². The van der Waals surface area contributed by atoms with Crippen LogP contribution in [0.15, 0.2) is 30.4 Å². The molecule has 0 heterocycles. The molecule has 1 saturated carbocycles. The lowest BCUT2D eigenvalue weighted by molar-refractivity contribution is 0.140. The van der Waals surface area contributed by atoms with E-state index in [1.807, 2.05) is 12.1 Å². The number of aliphatic hydroxyl groups excluding tert-OH is 2. The molecular weight excluding hydrogens is 312 g/mol. The molecule has 5 atom stereocenters. The van der Waals surface area contributed by atoms with Gasteiger partial charge in [0.05, 0.1) is 19.3 Å². The molecule has 1 aromatic rings. The van der Waals surface area contributed by atoms with Gasteiger partial charge in [-0.2, -0.15) is 0 Å². The maximum atomic E-state index is 10.6. The summed E-state index contributed by atoms with van der Waals surface area (Å²) >= 11 is 0. The maximum absolute atomic E-state index is 10.6. The van der Waals surface area contributed by atoms with E-state index in [0.29, 0.717) is 11.8 Å². The number of aliphatic hydroxyl groups is 2. The van der Waals surface area contributed by atoms with Crippen molar-refractivity contribution in [1.29, 1.82) is 0 Å². The number of unbranched alkanes of at least 4 members (excludes halogenated alkanes) is 2. The van der Waals surface area contributed by atoms with E-state index in [1.165, 1.54) is 24.0 Å². The normalized spacial score (nSPS) is 29.4. The number of ether oxygens (including phenoxy) is 1. The number of rotatable bonds is 7. The van der Waals surface area contributed by atoms with Crippen molar-refractivity contribution in [3.63, 3.8) is 0 Å². The Kier molecular flexibility index (Phi) is 6.19. The highest BCUT2D eigenvalue weighted by atomic mass is 16.5. The molecule has 138 valence electrons. The minimum Gasteiger partial charge on any atom is -0.496 e. The molecule has 1 aromatic carbocycles. The largest absolute Gasteiger partial charge is 0.496 e. The van der Waals surface area contributed by atoms with Gasteiger partial charge in [0.25, 0.3) is 0 Å². The van der Waals surface area contributed by atoms with Gasteiger partial charge in [0, 0.05) is 5.92 Å². The first kappa shape index (κ1) is 18.5. The minimum atomic E-state index is -0.381. The Labute approximate surface area is 151 Å². The smallest absolute Gasteiger partial charge is 0.122 e. The summed E-state index contributed by atoms with van der Waals surface area (Å²) in [6, 6.07) is 6.29. The van der Waals surface area contributed by atoms with Crippen molar-refractivity contribution >= 4 is 0 Å². The van der Waals surface area contributed by atoms with Gasteiger partial charge in [-0.1, -0.05) is 50.5 Å². The van der Waals surface area contributed by atoms with Gasteiger partial charge in [0.1, 0.15) is 5.75 Å². The van der Waals surface area contributed by atoms with Gasteiger partial charge >= 0.3 is 0 Å². The van der Waals surface area contributed by atoms with Crippen LogP contribution in [-0.4, -0.2) is 29.5 Å². The van der Waals surface area contributed by atoms with Crippen LogP contribution < -0.4 is 4.74 Å². The summed E-state index contributed by atoms with van der Waals surface area (Å²) in [6.45, 7) is 2.17. The third-order valence-corrected chi connectivity index (χ3v) is 6.12. The zero-order valence-electron chi connectivity index (χ0n) is 15.5. The second-order valence-corrected chi connectivity index (χ2v) is 7.76. The van der Waals surface area contributed by atoms with Crippen LogP contribution >= 0.6 is 0 Å². The van der Waals surface area contributed by atoms with Crippen LogP contribution in [0.1, 0.15) is 50.2 Å². The van der Waals surface area contributed by atoms with Gasteiger partial charge < -0.3 is 14.9 Å². The van der Waals surface area contributed by atoms with E-state index < -0.39 is 0 Å². The van der Waals surface area contributed by atoms with Crippen molar-refractivity contribution < 1.29 is 14.9 Å². The zero-order chi connectivity index (χ0) is 17.8. The standard InChI is InChI=1S/C22H32O3/c1-3-4-5-8-17(23)10-11-18-19-12-15-7-6-9-22(25-2)20(15)13-16(19)14-21(18)24/h6-7,9-11,16-19,21,23-24H,3-5,8,12-14H2,1-2H3/b11-10+/t16-,17-,18+,19-,21+/m0/s1. The van der Waals surface area contributed by atoms with Crippen LogP contribution in [0.5, 0.6) is 5.75 Å². The number of benzene rings is 1. The van der Waals surface area contributed by atoms with Crippen molar-refractivity contribution in [3.8, 4) is 5.75 Å². The van der Waals surface area contributed by atoms with E-state index in [1.54, 1.807) is 7.11 Å². The minimum absolute atomic E-state index is 0.158. The fourth-order valence-electron chi connectivity index (χ4n) is 4.75. The monoisotopic (exact) mass is 344 g/mol. The second-order valence-electron chi connectivity index (χ2n) is 7.76. The SMILES string of the molecule is CCCCC[C@H](O)/C=C/[C@@H]1[C@H]2Cc3cccc(OC)c3C[C@H]2C[C@H]1O. The summed E-state index contributed by atoms with van der Waals surface area (Å²) in [5.41, 5.74) is 2.68. The molecule has 0 spiro atoms. The number of hydrogen-bond acceptors (Lipinski definition) is 3. The molecular formula is C22H32O3. The summed E-state index contributed by atoms with van der Waals surface area (Å²) < 4.78 is 5.53. The number of fused-ring (bicyclic) bond motifs is 2. The van der Waals surface area contributed by atoms with E-state index >= 15 is 0 Å². The lowest BCUT2D eigenvalue weighted by Crippen LogP contribution is -2.26. The highest BCUT2D eigenvalue weighted by molar-refractivity contribution is 5.43. The molecule has 2 aliphatic carbocycles. The van der Waals surface area contributed by atoms with Crippen molar-refractivity contribution in [2.75, 3.05) is 7.11 Å². The first-order chi connectivity index (χ1) is 12.1. The van der Waals surface area contributed by atoms with Gasteiger partial charge in [-0.15, -0.1) is 0 Å². The summed E-state index contributed by atoms with van der Waals surface area (Å²) in [4.78, 5) is 0. The van der Waals surface area contributed by atoms with Gasteiger partial charge in [0.2, 0.25) is 0 Å². The predicted molar refractivity (Wildman–Crippen MR) is 101 cm³/mol. The first-order valence-electron chi connectivity index (χ1n) is 9.83. The molecule has 3 rings (SSSR count). The number of methoxy groups -OCH3 is 1. The van der Waals surface area contributed by atoms with E-state index in [4.69, 9.17) is 4.74 Å². The van der Waals surface area contributed by atoms with Crippen LogP contribution in [0.3, 0.4) is 0 Å². The van der Waals surface area contributed by atoms with E-state index in [9.17, 15) is 10.2 Å². The Balaban J connectivity index is 1.69. The summed E-state index contributed by atoms with van der Waals surface area (Å²) in [7, 11) is 1.73. The number of hydrogen-bond donors (Lipinski definition) is 2. The molecule has 0 amide bonds. The highest BCUT2D eigenvalue weighted by Gasteiger charge is 2.43. The molecule has 1 fully saturated rings. The predicted octanol–water partition coefficient (Wildman–Crippen LogP) is 3.90. The average Bonchev–Trinajstić information content (AvgIpc) is 2.92.